The van der Waals surface area contributed by atoms with Gasteiger partial charge < -0.3 is 10.3 Å². The lowest BCUT2D eigenvalue weighted by Crippen LogP contribution is -2.26. The van der Waals surface area contributed by atoms with Crippen molar-refractivity contribution < 1.29 is 4.79 Å². The predicted octanol–water partition coefficient (Wildman–Crippen LogP) is 5.66. The fraction of sp³-hybridized carbons (Fsp3) is 0.174. The quantitative estimate of drug-likeness (QED) is 0.307. The Morgan fingerprint density at radius 3 is 2.68 bits per heavy atom. The number of amides is 1. The minimum absolute atomic E-state index is 0.0840. The third kappa shape index (κ3) is 4.32. The van der Waals surface area contributed by atoms with E-state index in [1.165, 1.54) is 21.4 Å². The topological polar surface area (TPSA) is 44.9 Å². The number of fused-ring (bicyclic) bond motifs is 1. The molecule has 5 heteroatoms. The van der Waals surface area contributed by atoms with Crippen molar-refractivity contribution in [3.8, 4) is 11.3 Å². The molecule has 28 heavy (non-hydrogen) atoms. The molecule has 0 fully saturated rings. The Kier molecular flexibility index (Phi) is 5.84. The van der Waals surface area contributed by atoms with Gasteiger partial charge in [-0.3, -0.25) is 4.79 Å². The maximum Gasteiger partial charge on any atom is 0.225 e. The van der Waals surface area contributed by atoms with E-state index < -0.39 is 0 Å². The summed E-state index contributed by atoms with van der Waals surface area (Å²) in [6.07, 6.45) is 0.462. The molecule has 4 rings (SSSR count). The van der Waals surface area contributed by atoms with E-state index in [0.717, 1.165) is 21.8 Å². The van der Waals surface area contributed by atoms with Crippen molar-refractivity contribution in [1.82, 2.24) is 10.3 Å². The third-order valence-electron chi connectivity index (χ3n) is 4.58. The molecule has 0 saturated heterocycles. The number of aromatic amines is 1. The normalized spacial score (nSPS) is 11.0. The molecule has 2 aromatic carbocycles. The van der Waals surface area contributed by atoms with Gasteiger partial charge in [0.1, 0.15) is 0 Å². The summed E-state index contributed by atoms with van der Waals surface area (Å²) in [6, 6.07) is 21.0. The zero-order valence-corrected chi connectivity index (χ0v) is 17.3. The maximum absolute atomic E-state index is 12.1. The highest BCUT2D eigenvalue weighted by Crippen LogP contribution is 2.37. The summed E-state index contributed by atoms with van der Waals surface area (Å²) in [5.41, 5.74) is 4.73. The number of benzene rings is 2. The number of carbonyl (C=O) groups excluding carboxylic acids is 1. The van der Waals surface area contributed by atoms with Crippen LogP contribution in [-0.2, 0) is 11.2 Å². The average Bonchev–Trinajstić information content (AvgIpc) is 3.34. The number of para-hydroxylation sites is 1. The molecule has 0 spiro atoms. The number of thiophene rings is 1. The standard InChI is InChI=1S/C23H22N2OS2/c1-16-8-10-17(11-9-16)22-23(19-6-2-3-7-20(19)25-22)28-14-12-24-21(26)15-18-5-4-13-27-18/h2-11,13,25H,12,14-15H2,1H3,(H,24,26). The van der Waals surface area contributed by atoms with Gasteiger partial charge in [0, 0.05) is 33.0 Å². The van der Waals surface area contributed by atoms with Crippen molar-refractivity contribution in [2.45, 2.75) is 18.2 Å². The van der Waals surface area contributed by atoms with Gasteiger partial charge in [0.15, 0.2) is 0 Å². The molecular weight excluding hydrogens is 384 g/mol. The van der Waals surface area contributed by atoms with Crippen LogP contribution >= 0.6 is 23.1 Å². The van der Waals surface area contributed by atoms with Crippen LogP contribution in [0.25, 0.3) is 22.2 Å². The number of rotatable bonds is 7. The summed E-state index contributed by atoms with van der Waals surface area (Å²) in [4.78, 5) is 18.0. The molecule has 142 valence electrons. The van der Waals surface area contributed by atoms with E-state index >= 15 is 0 Å². The molecule has 0 aliphatic carbocycles. The molecule has 0 radical (unpaired) electrons. The largest absolute Gasteiger partial charge is 0.355 e. The number of carbonyl (C=O) groups is 1. The number of thioether (sulfide) groups is 1. The molecule has 0 atom stereocenters. The number of hydrogen-bond acceptors (Lipinski definition) is 3. The summed E-state index contributed by atoms with van der Waals surface area (Å²) in [6.45, 7) is 2.76. The first kappa shape index (κ1) is 18.8. The highest BCUT2D eigenvalue weighted by molar-refractivity contribution is 7.99. The molecular formula is C23H22N2OS2. The Morgan fingerprint density at radius 2 is 1.89 bits per heavy atom. The minimum Gasteiger partial charge on any atom is -0.355 e. The Labute approximate surface area is 173 Å². The smallest absolute Gasteiger partial charge is 0.225 e. The second-order valence-electron chi connectivity index (χ2n) is 6.70. The molecule has 0 aliphatic heterocycles. The SMILES string of the molecule is Cc1ccc(-c2[nH]c3ccccc3c2SCCNC(=O)Cc2cccs2)cc1. The highest BCUT2D eigenvalue weighted by atomic mass is 32.2. The number of H-pyrrole nitrogens is 1. The van der Waals surface area contributed by atoms with Gasteiger partial charge in [0.2, 0.25) is 5.91 Å². The van der Waals surface area contributed by atoms with Crippen molar-refractivity contribution in [3.63, 3.8) is 0 Å². The molecule has 3 nitrogen and oxygen atoms in total. The summed E-state index contributed by atoms with van der Waals surface area (Å²) in [7, 11) is 0. The van der Waals surface area contributed by atoms with E-state index in [9.17, 15) is 4.79 Å². The fourth-order valence-electron chi connectivity index (χ4n) is 3.17. The molecule has 0 aliphatic rings. The van der Waals surface area contributed by atoms with Crippen LogP contribution in [0.4, 0.5) is 0 Å². The first-order chi connectivity index (χ1) is 13.7. The zero-order valence-electron chi connectivity index (χ0n) is 15.7. The number of nitrogens with one attached hydrogen (secondary N) is 2. The molecule has 0 saturated carbocycles. The van der Waals surface area contributed by atoms with Crippen molar-refractivity contribution >= 4 is 39.9 Å². The summed E-state index contributed by atoms with van der Waals surface area (Å²) >= 11 is 3.41. The van der Waals surface area contributed by atoms with Crippen LogP contribution in [0.5, 0.6) is 0 Å². The Bertz CT molecular complexity index is 1070. The van der Waals surface area contributed by atoms with Crippen LogP contribution in [0, 0.1) is 6.92 Å². The second-order valence-corrected chi connectivity index (χ2v) is 8.83. The number of aromatic nitrogens is 1. The lowest BCUT2D eigenvalue weighted by atomic mass is 10.1. The van der Waals surface area contributed by atoms with E-state index in [1.807, 2.05) is 17.5 Å². The summed E-state index contributed by atoms with van der Waals surface area (Å²) in [5.74, 6) is 0.914. The van der Waals surface area contributed by atoms with Gasteiger partial charge >= 0.3 is 0 Å². The van der Waals surface area contributed by atoms with Crippen LogP contribution < -0.4 is 5.32 Å². The molecule has 0 unspecified atom stereocenters. The molecule has 0 bridgehead atoms. The molecule has 2 aromatic heterocycles. The number of hydrogen-bond donors (Lipinski definition) is 2. The lowest BCUT2D eigenvalue weighted by molar-refractivity contribution is -0.120. The lowest BCUT2D eigenvalue weighted by Gasteiger charge is -2.07. The first-order valence-corrected chi connectivity index (χ1v) is 11.2. The molecule has 4 aromatic rings. The second kappa shape index (κ2) is 8.67. The highest BCUT2D eigenvalue weighted by Gasteiger charge is 2.13. The van der Waals surface area contributed by atoms with Crippen LogP contribution in [-0.4, -0.2) is 23.2 Å². The predicted molar refractivity (Wildman–Crippen MR) is 120 cm³/mol. The van der Waals surface area contributed by atoms with Gasteiger partial charge in [0.25, 0.3) is 0 Å². The molecule has 2 N–H and O–H groups in total. The van der Waals surface area contributed by atoms with Crippen molar-refractivity contribution in [3.05, 3.63) is 76.5 Å². The zero-order chi connectivity index (χ0) is 19.3. The van der Waals surface area contributed by atoms with Crippen LogP contribution in [0.1, 0.15) is 10.4 Å². The Morgan fingerprint density at radius 1 is 1.07 bits per heavy atom. The van der Waals surface area contributed by atoms with Gasteiger partial charge in [-0.05, 0) is 30.0 Å². The summed E-state index contributed by atoms with van der Waals surface area (Å²) < 4.78 is 0. The first-order valence-electron chi connectivity index (χ1n) is 9.30. The average molecular weight is 407 g/mol. The van der Waals surface area contributed by atoms with Gasteiger partial charge in [-0.2, -0.15) is 0 Å². The van der Waals surface area contributed by atoms with Crippen molar-refractivity contribution in [1.29, 1.82) is 0 Å². The monoisotopic (exact) mass is 406 g/mol. The van der Waals surface area contributed by atoms with Gasteiger partial charge in [0.05, 0.1) is 12.1 Å². The van der Waals surface area contributed by atoms with Crippen molar-refractivity contribution in [2.24, 2.45) is 0 Å². The fourth-order valence-corrected chi connectivity index (χ4v) is 4.93. The minimum atomic E-state index is 0.0840. The van der Waals surface area contributed by atoms with E-state index in [4.69, 9.17) is 0 Å². The van der Waals surface area contributed by atoms with Crippen LogP contribution in [0.2, 0.25) is 0 Å². The van der Waals surface area contributed by atoms with Crippen LogP contribution in [0.3, 0.4) is 0 Å². The van der Waals surface area contributed by atoms with Crippen molar-refractivity contribution in [2.75, 3.05) is 12.3 Å². The van der Waals surface area contributed by atoms with E-state index in [-0.39, 0.29) is 5.91 Å². The maximum atomic E-state index is 12.1. The Hall–Kier alpha value is -2.50. The van der Waals surface area contributed by atoms with Gasteiger partial charge in [-0.15, -0.1) is 23.1 Å². The Balaban J connectivity index is 1.46. The van der Waals surface area contributed by atoms with Gasteiger partial charge in [-0.1, -0.05) is 54.1 Å². The van der Waals surface area contributed by atoms with Gasteiger partial charge in [-0.25, -0.2) is 0 Å². The van der Waals surface area contributed by atoms with E-state index in [1.54, 1.807) is 23.1 Å². The number of aryl methyl sites for hydroxylation is 1. The summed E-state index contributed by atoms with van der Waals surface area (Å²) in [5, 5.41) is 6.27. The molecule has 2 heterocycles. The molecule has 1 amide bonds. The van der Waals surface area contributed by atoms with E-state index in [0.29, 0.717) is 13.0 Å². The van der Waals surface area contributed by atoms with Crippen LogP contribution in [0.15, 0.2) is 70.9 Å². The van der Waals surface area contributed by atoms with E-state index in [2.05, 4.69) is 65.8 Å². The third-order valence-corrected chi connectivity index (χ3v) is 6.58.